The molecule has 0 saturated heterocycles. The Hall–Kier alpha value is -2.14. The van der Waals surface area contributed by atoms with Crippen LogP contribution in [0.5, 0.6) is 0 Å². The van der Waals surface area contributed by atoms with Crippen LogP contribution >= 0.6 is 0 Å². The lowest BCUT2D eigenvalue weighted by atomic mass is 10.0. The molecule has 0 spiro atoms. The minimum atomic E-state index is -0.0123. The van der Waals surface area contributed by atoms with E-state index in [0.717, 1.165) is 36.9 Å². The SMILES string of the molecule is NCCc1ccccc1C(=O)NCCCCn1ccnc1. The van der Waals surface area contributed by atoms with Gasteiger partial charge in [-0.2, -0.15) is 0 Å². The number of hydrogen-bond acceptors (Lipinski definition) is 3. The average molecular weight is 286 g/mol. The number of aryl methyl sites for hydroxylation is 1. The van der Waals surface area contributed by atoms with Gasteiger partial charge in [-0.05, 0) is 37.4 Å². The lowest BCUT2D eigenvalue weighted by molar-refractivity contribution is 0.0952. The van der Waals surface area contributed by atoms with Crippen LogP contribution < -0.4 is 11.1 Å². The third-order valence-corrected chi connectivity index (χ3v) is 3.36. The van der Waals surface area contributed by atoms with Crippen molar-refractivity contribution in [2.24, 2.45) is 5.73 Å². The Balaban J connectivity index is 1.74. The van der Waals surface area contributed by atoms with E-state index < -0.39 is 0 Å². The first-order valence-electron chi connectivity index (χ1n) is 7.33. The molecule has 0 unspecified atom stereocenters. The molecule has 112 valence electrons. The third kappa shape index (κ3) is 4.72. The summed E-state index contributed by atoms with van der Waals surface area (Å²) < 4.78 is 2.04. The third-order valence-electron chi connectivity index (χ3n) is 3.36. The number of amides is 1. The summed E-state index contributed by atoms with van der Waals surface area (Å²) >= 11 is 0. The van der Waals surface area contributed by atoms with Crippen molar-refractivity contribution in [2.75, 3.05) is 13.1 Å². The molecule has 0 aliphatic heterocycles. The maximum absolute atomic E-state index is 12.2. The Morgan fingerprint density at radius 2 is 2.14 bits per heavy atom. The zero-order valence-corrected chi connectivity index (χ0v) is 12.2. The number of benzene rings is 1. The van der Waals surface area contributed by atoms with E-state index in [1.165, 1.54) is 0 Å². The molecule has 0 fully saturated rings. The smallest absolute Gasteiger partial charge is 0.251 e. The summed E-state index contributed by atoms with van der Waals surface area (Å²) in [5, 5.41) is 2.97. The van der Waals surface area contributed by atoms with Crippen LogP contribution in [0.3, 0.4) is 0 Å². The molecule has 0 aliphatic carbocycles. The molecule has 1 aromatic heterocycles. The van der Waals surface area contributed by atoms with E-state index in [1.807, 2.05) is 41.4 Å². The Morgan fingerprint density at radius 3 is 2.90 bits per heavy atom. The summed E-state index contributed by atoms with van der Waals surface area (Å²) in [6.07, 6.45) is 8.22. The van der Waals surface area contributed by atoms with Gasteiger partial charge in [0.2, 0.25) is 0 Å². The van der Waals surface area contributed by atoms with Gasteiger partial charge in [-0.25, -0.2) is 4.98 Å². The molecule has 2 aromatic rings. The van der Waals surface area contributed by atoms with Crippen molar-refractivity contribution in [3.8, 4) is 0 Å². The quantitative estimate of drug-likeness (QED) is 0.724. The van der Waals surface area contributed by atoms with Crippen LogP contribution in [0.1, 0.15) is 28.8 Å². The standard InChI is InChI=1S/C16H22N4O/c17-8-7-14-5-1-2-6-15(14)16(21)19-9-3-4-11-20-12-10-18-13-20/h1-2,5-6,10,12-13H,3-4,7-9,11,17H2,(H,19,21). The van der Waals surface area contributed by atoms with Crippen LogP contribution in [-0.4, -0.2) is 28.5 Å². The topological polar surface area (TPSA) is 72.9 Å². The monoisotopic (exact) mass is 286 g/mol. The highest BCUT2D eigenvalue weighted by atomic mass is 16.1. The van der Waals surface area contributed by atoms with Crippen molar-refractivity contribution in [3.05, 3.63) is 54.1 Å². The number of nitrogens with two attached hydrogens (primary N) is 1. The van der Waals surface area contributed by atoms with Gasteiger partial charge < -0.3 is 15.6 Å². The molecule has 0 saturated carbocycles. The van der Waals surface area contributed by atoms with E-state index in [4.69, 9.17) is 5.73 Å². The Morgan fingerprint density at radius 1 is 1.29 bits per heavy atom. The first-order chi connectivity index (χ1) is 10.3. The number of imidazole rings is 1. The van der Waals surface area contributed by atoms with Crippen molar-refractivity contribution >= 4 is 5.91 Å². The van der Waals surface area contributed by atoms with Crippen LogP contribution in [0.25, 0.3) is 0 Å². The molecular formula is C16H22N4O. The highest BCUT2D eigenvalue weighted by Crippen LogP contribution is 2.09. The molecule has 0 aliphatic rings. The number of rotatable bonds is 8. The van der Waals surface area contributed by atoms with Gasteiger partial charge in [-0.15, -0.1) is 0 Å². The molecule has 0 radical (unpaired) electrons. The van der Waals surface area contributed by atoms with Gasteiger partial charge in [0.25, 0.3) is 5.91 Å². The summed E-state index contributed by atoms with van der Waals surface area (Å²) in [5.74, 6) is -0.0123. The summed E-state index contributed by atoms with van der Waals surface area (Å²) in [5.41, 5.74) is 7.32. The van der Waals surface area contributed by atoms with Crippen molar-refractivity contribution in [1.29, 1.82) is 0 Å². The lowest BCUT2D eigenvalue weighted by Crippen LogP contribution is -2.26. The summed E-state index contributed by atoms with van der Waals surface area (Å²) in [6, 6.07) is 7.63. The first kappa shape index (κ1) is 15.3. The molecule has 1 aromatic carbocycles. The van der Waals surface area contributed by atoms with E-state index in [0.29, 0.717) is 13.1 Å². The first-order valence-corrected chi connectivity index (χ1v) is 7.33. The van der Waals surface area contributed by atoms with Gasteiger partial charge in [0.15, 0.2) is 0 Å². The van der Waals surface area contributed by atoms with Gasteiger partial charge in [0.05, 0.1) is 6.33 Å². The number of carbonyl (C=O) groups excluding carboxylic acids is 1. The molecular weight excluding hydrogens is 264 g/mol. The number of unbranched alkanes of at least 4 members (excludes halogenated alkanes) is 1. The van der Waals surface area contributed by atoms with Crippen LogP contribution in [0, 0.1) is 0 Å². The second kappa shape index (κ2) is 8.21. The maximum Gasteiger partial charge on any atom is 0.251 e. The second-order valence-corrected chi connectivity index (χ2v) is 4.96. The van der Waals surface area contributed by atoms with Crippen LogP contribution in [0.15, 0.2) is 43.0 Å². The van der Waals surface area contributed by atoms with Crippen molar-refractivity contribution in [3.63, 3.8) is 0 Å². The normalized spacial score (nSPS) is 10.5. The van der Waals surface area contributed by atoms with Gasteiger partial charge in [0.1, 0.15) is 0 Å². The lowest BCUT2D eigenvalue weighted by Gasteiger charge is -2.09. The van der Waals surface area contributed by atoms with E-state index >= 15 is 0 Å². The highest BCUT2D eigenvalue weighted by molar-refractivity contribution is 5.95. The average Bonchev–Trinajstić information content (AvgIpc) is 3.01. The largest absolute Gasteiger partial charge is 0.352 e. The van der Waals surface area contributed by atoms with E-state index in [2.05, 4.69) is 10.3 Å². The number of carbonyl (C=O) groups is 1. The van der Waals surface area contributed by atoms with E-state index in [1.54, 1.807) is 6.20 Å². The van der Waals surface area contributed by atoms with Gasteiger partial charge in [-0.3, -0.25) is 4.79 Å². The predicted octanol–water partition coefficient (Wildman–Crippen LogP) is 1.59. The zero-order chi connectivity index (χ0) is 14.9. The molecule has 1 heterocycles. The van der Waals surface area contributed by atoms with Crippen molar-refractivity contribution in [2.45, 2.75) is 25.8 Å². The summed E-state index contributed by atoms with van der Waals surface area (Å²) in [6.45, 7) is 2.17. The van der Waals surface area contributed by atoms with E-state index in [-0.39, 0.29) is 5.91 Å². The van der Waals surface area contributed by atoms with Gasteiger partial charge >= 0.3 is 0 Å². The number of aromatic nitrogens is 2. The van der Waals surface area contributed by atoms with Crippen LogP contribution in [0.2, 0.25) is 0 Å². The molecule has 21 heavy (non-hydrogen) atoms. The molecule has 5 heteroatoms. The minimum absolute atomic E-state index is 0.0123. The molecule has 0 atom stereocenters. The summed E-state index contributed by atoms with van der Waals surface area (Å²) in [7, 11) is 0. The highest BCUT2D eigenvalue weighted by Gasteiger charge is 2.09. The summed E-state index contributed by atoms with van der Waals surface area (Å²) in [4.78, 5) is 16.2. The Bertz CT molecular complexity index is 551. The number of hydrogen-bond donors (Lipinski definition) is 2. The van der Waals surface area contributed by atoms with Crippen molar-refractivity contribution < 1.29 is 4.79 Å². The predicted molar refractivity (Wildman–Crippen MR) is 83.0 cm³/mol. The van der Waals surface area contributed by atoms with Gasteiger partial charge in [0, 0.05) is 31.0 Å². The molecule has 5 nitrogen and oxygen atoms in total. The fourth-order valence-electron chi connectivity index (χ4n) is 2.25. The molecule has 1 amide bonds. The molecule has 2 rings (SSSR count). The fraction of sp³-hybridized carbons (Fsp3) is 0.375. The van der Waals surface area contributed by atoms with Crippen molar-refractivity contribution in [1.82, 2.24) is 14.9 Å². The van der Waals surface area contributed by atoms with Gasteiger partial charge in [-0.1, -0.05) is 18.2 Å². The number of nitrogens with one attached hydrogen (secondary N) is 1. The molecule has 3 N–H and O–H groups in total. The molecule has 0 bridgehead atoms. The van der Waals surface area contributed by atoms with Crippen LogP contribution in [0.4, 0.5) is 0 Å². The Labute approximate surface area is 125 Å². The number of nitrogens with zero attached hydrogens (tertiary/aromatic N) is 2. The maximum atomic E-state index is 12.2. The van der Waals surface area contributed by atoms with E-state index in [9.17, 15) is 4.79 Å². The minimum Gasteiger partial charge on any atom is -0.352 e. The zero-order valence-electron chi connectivity index (χ0n) is 12.2. The fourth-order valence-corrected chi connectivity index (χ4v) is 2.25. The Kier molecular flexibility index (Phi) is 5.97. The second-order valence-electron chi connectivity index (χ2n) is 4.96. The van der Waals surface area contributed by atoms with Crippen LogP contribution in [-0.2, 0) is 13.0 Å².